The Labute approximate surface area is 101 Å². The van der Waals surface area contributed by atoms with E-state index in [9.17, 15) is 14.4 Å². The molecule has 98 valence electrons. The van der Waals surface area contributed by atoms with Crippen LogP contribution in [0.5, 0.6) is 0 Å². The van der Waals surface area contributed by atoms with E-state index in [1.54, 1.807) is 21.0 Å². The molecule has 0 aromatic rings. The lowest BCUT2D eigenvalue weighted by Crippen LogP contribution is -2.45. The van der Waals surface area contributed by atoms with Crippen LogP contribution in [-0.2, 0) is 14.4 Å². The Morgan fingerprint density at radius 2 is 1.76 bits per heavy atom. The monoisotopic (exact) mass is 244 g/mol. The molecule has 0 heterocycles. The number of nitrogens with zero attached hydrogens (tertiary/aromatic N) is 2. The Balaban J connectivity index is 4.22. The fourth-order valence-electron chi connectivity index (χ4n) is 1.04. The minimum Gasteiger partial charge on any atom is -0.347 e. The second-order valence-electron chi connectivity index (χ2n) is 3.68. The molecule has 7 nitrogen and oxygen atoms in total. The number of rotatable bonds is 6. The molecule has 0 saturated carbocycles. The molecule has 0 rings (SSSR count). The Morgan fingerprint density at radius 3 is 2.18 bits per heavy atom. The van der Waals surface area contributed by atoms with Crippen molar-refractivity contribution in [2.45, 2.75) is 6.92 Å². The molecular weight excluding hydrogens is 224 g/mol. The Kier molecular flexibility index (Phi) is 6.88. The largest absolute Gasteiger partial charge is 0.347 e. The molecule has 0 fully saturated rings. The topological polar surface area (TPSA) is 95.7 Å². The summed E-state index contributed by atoms with van der Waals surface area (Å²) in [5, 5.41) is 2.37. The van der Waals surface area contributed by atoms with E-state index in [-0.39, 0.29) is 31.4 Å². The first kappa shape index (κ1) is 15.4. The van der Waals surface area contributed by atoms with Crippen LogP contribution in [0.3, 0.4) is 0 Å². The predicted molar refractivity (Wildman–Crippen MR) is 63.0 cm³/mol. The van der Waals surface area contributed by atoms with E-state index in [0.29, 0.717) is 6.54 Å². The van der Waals surface area contributed by atoms with Gasteiger partial charge in [0.25, 0.3) is 0 Å². The SMILES string of the molecule is CCN(CC(=O)N(C)C)C(=O)CNC(=O)CN. The number of hydrogen-bond acceptors (Lipinski definition) is 4. The maximum Gasteiger partial charge on any atom is 0.242 e. The van der Waals surface area contributed by atoms with Crippen LogP contribution in [0.2, 0.25) is 0 Å². The molecule has 3 N–H and O–H groups in total. The van der Waals surface area contributed by atoms with Crippen molar-refractivity contribution in [2.75, 3.05) is 40.3 Å². The van der Waals surface area contributed by atoms with Crippen LogP contribution in [0, 0.1) is 0 Å². The summed E-state index contributed by atoms with van der Waals surface area (Å²) in [4.78, 5) is 36.7. The third-order valence-electron chi connectivity index (χ3n) is 2.18. The Bertz CT molecular complexity index is 291. The number of carbonyl (C=O) groups excluding carboxylic acids is 3. The first-order chi connectivity index (χ1) is 7.92. The van der Waals surface area contributed by atoms with Crippen molar-refractivity contribution >= 4 is 17.7 Å². The van der Waals surface area contributed by atoms with Crippen LogP contribution in [0.25, 0.3) is 0 Å². The second-order valence-corrected chi connectivity index (χ2v) is 3.68. The summed E-state index contributed by atoms with van der Waals surface area (Å²) < 4.78 is 0. The van der Waals surface area contributed by atoms with Crippen molar-refractivity contribution in [3.63, 3.8) is 0 Å². The first-order valence-corrected chi connectivity index (χ1v) is 5.37. The minimum atomic E-state index is -0.395. The molecule has 0 atom stereocenters. The van der Waals surface area contributed by atoms with Gasteiger partial charge >= 0.3 is 0 Å². The van der Waals surface area contributed by atoms with Gasteiger partial charge in [0.15, 0.2) is 0 Å². The molecule has 0 aliphatic rings. The molecule has 0 aliphatic heterocycles. The van der Waals surface area contributed by atoms with Crippen LogP contribution >= 0.6 is 0 Å². The van der Waals surface area contributed by atoms with Gasteiger partial charge in [0.05, 0.1) is 19.6 Å². The van der Waals surface area contributed by atoms with E-state index in [1.807, 2.05) is 0 Å². The molecule has 0 saturated heterocycles. The van der Waals surface area contributed by atoms with Gasteiger partial charge in [-0.2, -0.15) is 0 Å². The lowest BCUT2D eigenvalue weighted by Gasteiger charge is -2.22. The average molecular weight is 244 g/mol. The van der Waals surface area contributed by atoms with Gasteiger partial charge < -0.3 is 20.9 Å². The van der Waals surface area contributed by atoms with Gasteiger partial charge in [-0.15, -0.1) is 0 Å². The van der Waals surface area contributed by atoms with Crippen LogP contribution in [-0.4, -0.2) is 67.8 Å². The molecule has 0 bridgehead atoms. The van der Waals surface area contributed by atoms with E-state index >= 15 is 0 Å². The number of carbonyl (C=O) groups is 3. The highest BCUT2D eigenvalue weighted by atomic mass is 16.2. The van der Waals surface area contributed by atoms with E-state index < -0.39 is 5.91 Å². The van der Waals surface area contributed by atoms with Crippen molar-refractivity contribution in [1.82, 2.24) is 15.1 Å². The molecule has 7 heteroatoms. The zero-order valence-electron chi connectivity index (χ0n) is 10.5. The highest BCUT2D eigenvalue weighted by Gasteiger charge is 2.16. The summed E-state index contributed by atoms with van der Waals surface area (Å²) in [5.41, 5.74) is 5.09. The normalized spacial score (nSPS) is 9.65. The van der Waals surface area contributed by atoms with Gasteiger partial charge in [-0.1, -0.05) is 0 Å². The van der Waals surface area contributed by atoms with Crippen molar-refractivity contribution in [3.8, 4) is 0 Å². The van der Waals surface area contributed by atoms with Crippen molar-refractivity contribution in [2.24, 2.45) is 5.73 Å². The molecular formula is C10H20N4O3. The van der Waals surface area contributed by atoms with Crippen LogP contribution < -0.4 is 11.1 Å². The Hall–Kier alpha value is -1.63. The second kappa shape index (κ2) is 7.61. The maximum absolute atomic E-state index is 11.7. The van der Waals surface area contributed by atoms with E-state index in [1.165, 1.54) is 9.80 Å². The molecule has 0 aromatic heterocycles. The van der Waals surface area contributed by atoms with E-state index in [4.69, 9.17) is 5.73 Å². The number of hydrogen-bond donors (Lipinski definition) is 2. The van der Waals surface area contributed by atoms with Crippen LogP contribution in [0.15, 0.2) is 0 Å². The summed E-state index contributed by atoms with van der Waals surface area (Å²) in [6.07, 6.45) is 0. The summed E-state index contributed by atoms with van der Waals surface area (Å²) in [6.45, 7) is 1.91. The maximum atomic E-state index is 11.7. The van der Waals surface area contributed by atoms with E-state index in [0.717, 1.165) is 0 Å². The summed E-state index contributed by atoms with van der Waals surface area (Å²) in [6, 6.07) is 0. The smallest absolute Gasteiger partial charge is 0.242 e. The van der Waals surface area contributed by atoms with Gasteiger partial charge in [0, 0.05) is 20.6 Å². The van der Waals surface area contributed by atoms with Gasteiger partial charge in [0.2, 0.25) is 17.7 Å². The molecule has 0 aromatic carbocycles. The highest BCUT2D eigenvalue weighted by Crippen LogP contribution is 1.91. The summed E-state index contributed by atoms with van der Waals surface area (Å²) in [7, 11) is 3.24. The number of likely N-dealkylation sites (N-methyl/N-ethyl adjacent to an activating group) is 2. The van der Waals surface area contributed by atoms with Crippen molar-refractivity contribution in [3.05, 3.63) is 0 Å². The zero-order chi connectivity index (χ0) is 13.4. The number of nitrogens with one attached hydrogen (secondary N) is 1. The number of amides is 3. The van der Waals surface area contributed by atoms with E-state index in [2.05, 4.69) is 5.32 Å². The van der Waals surface area contributed by atoms with Gasteiger partial charge in [-0.25, -0.2) is 0 Å². The fourth-order valence-corrected chi connectivity index (χ4v) is 1.04. The third-order valence-corrected chi connectivity index (χ3v) is 2.18. The molecule has 3 amide bonds. The summed E-state index contributed by atoms with van der Waals surface area (Å²) in [5.74, 6) is -0.858. The summed E-state index contributed by atoms with van der Waals surface area (Å²) >= 11 is 0. The van der Waals surface area contributed by atoms with Gasteiger partial charge in [0.1, 0.15) is 0 Å². The number of nitrogens with two attached hydrogens (primary N) is 1. The third kappa shape index (κ3) is 5.86. The molecule has 0 spiro atoms. The van der Waals surface area contributed by atoms with Crippen molar-refractivity contribution < 1.29 is 14.4 Å². The van der Waals surface area contributed by atoms with Crippen LogP contribution in [0.4, 0.5) is 0 Å². The standard InChI is InChI=1S/C10H20N4O3/c1-4-14(7-10(17)13(2)3)9(16)6-12-8(15)5-11/h4-7,11H2,1-3H3,(H,12,15). The Morgan fingerprint density at radius 1 is 1.18 bits per heavy atom. The van der Waals surface area contributed by atoms with Crippen LogP contribution in [0.1, 0.15) is 6.92 Å². The minimum absolute atomic E-state index is 0.0147. The molecule has 17 heavy (non-hydrogen) atoms. The molecule has 0 unspecified atom stereocenters. The first-order valence-electron chi connectivity index (χ1n) is 5.37. The highest BCUT2D eigenvalue weighted by molar-refractivity contribution is 5.88. The van der Waals surface area contributed by atoms with Gasteiger partial charge in [-0.05, 0) is 6.92 Å². The quantitative estimate of drug-likeness (QED) is 0.565. The fraction of sp³-hybridized carbons (Fsp3) is 0.700. The molecule has 0 radical (unpaired) electrons. The molecule has 0 aliphatic carbocycles. The lowest BCUT2D eigenvalue weighted by molar-refractivity contribution is -0.139. The van der Waals surface area contributed by atoms with Gasteiger partial charge in [-0.3, -0.25) is 14.4 Å². The average Bonchev–Trinajstić information content (AvgIpc) is 2.31. The van der Waals surface area contributed by atoms with Crippen molar-refractivity contribution in [1.29, 1.82) is 0 Å². The predicted octanol–water partition coefficient (Wildman–Crippen LogP) is -2.00. The zero-order valence-corrected chi connectivity index (χ0v) is 10.5. The lowest BCUT2D eigenvalue weighted by atomic mass is 10.4.